The summed E-state index contributed by atoms with van der Waals surface area (Å²) in [5.74, 6) is -15.0. The first-order valence-electron chi connectivity index (χ1n) is 27.5. The number of benzene rings is 3. The van der Waals surface area contributed by atoms with Gasteiger partial charge in [0.05, 0.1) is 65.5 Å². The number of rotatable bonds is 24. The van der Waals surface area contributed by atoms with Gasteiger partial charge in [-0.2, -0.15) is 38.9 Å². The van der Waals surface area contributed by atoms with Crippen molar-refractivity contribution in [3.63, 3.8) is 0 Å². The number of carbonyl (C=O) groups is 2. The number of ether oxygens (including phenoxy) is 6. The lowest BCUT2D eigenvalue weighted by atomic mass is 9.93. The monoisotopic (exact) mass is 1370 g/mol. The number of halogens is 5. The van der Waals surface area contributed by atoms with Crippen LogP contribution in [0.5, 0.6) is 29.0 Å². The molecule has 9 rings (SSSR count). The van der Waals surface area contributed by atoms with E-state index in [1.807, 2.05) is 5.09 Å². The number of esters is 2. The molecule has 0 bridgehead atoms. The topological polar surface area (TPSA) is 482 Å². The number of carbonyl (C=O) groups excluding carboxylic acids is 2. The third kappa shape index (κ3) is 15.7. The Bertz CT molecular complexity index is 4030. The van der Waals surface area contributed by atoms with Crippen molar-refractivity contribution in [2.24, 2.45) is 10.2 Å². The highest BCUT2D eigenvalue weighted by atomic mass is 31.2. The summed E-state index contributed by atoms with van der Waals surface area (Å²) in [4.78, 5) is 54.4. The zero-order chi connectivity index (χ0) is 69.0. The van der Waals surface area contributed by atoms with Gasteiger partial charge in [0.2, 0.25) is 58.5 Å². The number of nitrogens with zero attached hydrogens (tertiary/aromatic N) is 14. The van der Waals surface area contributed by atoms with E-state index < -0.39 is 136 Å². The Morgan fingerprint density at radius 1 is 0.670 bits per heavy atom. The molecule has 6 heterocycles. The third-order valence-electron chi connectivity index (χ3n) is 13.6. The number of para-hydroxylation sites is 2. The molecule has 12 atom stereocenters. The van der Waals surface area contributed by atoms with Crippen LogP contribution in [-0.2, 0) is 42.2 Å². The van der Waals surface area contributed by atoms with E-state index in [9.17, 15) is 61.5 Å². The molecule has 2 aliphatic heterocycles. The quantitative estimate of drug-likeness (QED) is 0.00482. The lowest BCUT2D eigenvalue weighted by Gasteiger charge is -2.28. The van der Waals surface area contributed by atoms with E-state index in [1.165, 1.54) is 94.9 Å². The molecule has 0 spiro atoms. The van der Waals surface area contributed by atoms with Gasteiger partial charge in [-0.3, -0.25) is 23.2 Å². The Hall–Kier alpha value is -9.29. The van der Waals surface area contributed by atoms with Gasteiger partial charge in [-0.25, -0.2) is 32.3 Å². The van der Waals surface area contributed by atoms with E-state index in [4.69, 9.17) is 59.0 Å². The first-order chi connectivity index (χ1) is 44.6. The van der Waals surface area contributed by atoms with Crippen LogP contribution in [0.2, 0.25) is 0 Å². The predicted molar refractivity (Wildman–Crippen MR) is 315 cm³/mol. The van der Waals surface area contributed by atoms with Crippen LogP contribution in [0.1, 0.15) is 54.0 Å². The van der Waals surface area contributed by atoms with Crippen molar-refractivity contribution < 1.29 is 103 Å². The molecule has 35 nitrogen and oxygen atoms in total. The number of anilines is 2. The Morgan fingerprint density at radius 2 is 1.06 bits per heavy atom. The number of aliphatic hydroxyl groups is 3. The van der Waals surface area contributed by atoms with E-state index in [1.54, 1.807) is 43.3 Å². The van der Waals surface area contributed by atoms with E-state index in [-0.39, 0.29) is 65.2 Å². The van der Waals surface area contributed by atoms with Crippen molar-refractivity contribution in [1.29, 1.82) is 0 Å². The van der Waals surface area contributed by atoms with Crippen molar-refractivity contribution in [2.75, 3.05) is 52.1 Å². The maximum Gasteiger partial charge on any atom is 0.513 e. The van der Waals surface area contributed by atoms with Crippen LogP contribution in [0.3, 0.4) is 0 Å². The molecule has 2 unspecified atom stereocenters. The number of hydrogen-bond donors (Lipinski definition) is 7. The van der Waals surface area contributed by atoms with Gasteiger partial charge in [-0.1, -0.05) is 46.6 Å². The van der Waals surface area contributed by atoms with Crippen LogP contribution in [0.4, 0.5) is 33.8 Å². The first-order valence-corrected chi connectivity index (χ1v) is 30.6. The number of fused-ring (bicyclic) bond motifs is 2. The van der Waals surface area contributed by atoms with E-state index >= 15 is 0 Å². The Labute approximate surface area is 528 Å². The highest BCUT2D eigenvalue weighted by molar-refractivity contribution is 7.52. The van der Waals surface area contributed by atoms with Gasteiger partial charge in [-0.15, -0.1) is 0 Å². The first kappa shape index (κ1) is 72.1. The molecule has 0 saturated carbocycles. The molecule has 0 aliphatic carbocycles. The average Bonchev–Trinajstić information content (AvgIpc) is 1.59. The van der Waals surface area contributed by atoms with Crippen LogP contribution in [-0.4, -0.2) is 155 Å². The molecule has 7 aromatic rings. The molecule has 3 aromatic carbocycles. The number of azide groups is 2. The van der Waals surface area contributed by atoms with Gasteiger partial charge in [-0.05, 0) is 76.9 Å². The second kappa shape index (κ2) is 30.6. The SMILES string of the molecule is CCOC(=O)[C@H](C)NP(=O)(OC[C@H]1O[C@@H](n2cnc3c(OC)nc(N)nc32)[C@](C)(N=[N+]=[N-])[C@@H]1O)Oc1ccccc1.CCOC(=O)[C@H](C)NP(=O)(Oc1ccccc1)Oc1c(F)c(F)c(F)c(F)c1F.COc1nc(N)nc2c1ncn2[C@@H]1O[C@H](CO)[C@@H](O)[C@@]1(C)N=[N+]=[N-]. The summed E-state index contributed by atoms with van der Waals surface area (Å²) < 4.78 is 150. The Kier molecular flexibility index (Phi) is 23.5. The minimum Gasteiger partial charge on any atom is -0.479 e. The summed E-state index contributed by atoms with van der Waals surface area (Å²) in [6, 6.07) is 12.7. The molecular formula is C52H61F5N18O17P2. The summed E-state index contributed by atoms with van der Waals surface area (Å²) in [6.45, 7) is 7.85. The summed E-state index contributed by atoms with van der Waals surface area (Å²) in [7, 11) is -6.35. The van der Waals surface area contributed by atoms with Crippen molar-refractivity contribution in [3.05, 3.63) is 123 Å². The lowest BCUT2D eigenvalue weighted by molar-refractivity contribution is -0.145. The van der Waals surface area contributed by atoms with Crippen LogP contribution in [0, 0.1) is 29.1 Å². The number of hydrogen-bond acceptors (Lipinski definition) is 27. The molecule has 0 amide bonds. The van der Waals surface area contributed by atoms with E-state index in [0.717, 1.165) is 0 Å². The molecular weight excluding hydrogens is 1310 g/mol. The van der Waals surface area contributed by atoms with Gasteiger partial charge >= 0.3 is 27.4 Å². The summed E-state index contributed by atoms with van der Waals surface area (Å²) in [5, 5.41) is 43.1. The molecule has 2 aliphatic rings. The maximum absolute atomic E-state index is 13.9. The molecule has 4 aromatic heterocycles. The lowest BCUT2D eigenvalue weighted by Crippen LogP contribution is -2.43. The fourth-order valence-electron chi connectivity index (χ4n) is 9.09. The van der Waals surface area contributed by atoms with Gasteiger partial charge in [0.25, 0.3) is 0 Å². The van der Waals surface area contributed by atoms with Gasteiger partial charge in [0, 0.05) is 9.82 Å². The number of methoxy groups -OCH3 is 2. The maximum atomic E-state index is 13.9. The normalized spacial score (nSPS) is 22.5. The van der Waals surface area contributed by atoms with Crippen molar-refractivity contribution >= 4 is 61.7 Å². The van der Waals surface area contributed by atoms with Crippen LogP contribution in [0.25, 0.3) is 43.2 Å². The van der Waals surface area contributed by atoms with Crippen molar-refractivity contribution in [2.45, 2.75) is 102 Å². The smallest absolute Gasteiger partial charge is 0.479 e. The summed E-state index contributed by atoms with van der Waals surface area (Å²) in [6.07, 6.45) is -4.18. The number of aromatic nitrogens is 8. The molecule has 94 heavy (non-hydrogen) atoms. The second-order valence-electron chi connectivity index (χ2n) is 20.1. The Morgan fingerprint density at radius 3 is 1.47 bits per heavy atom. The minimum atomic E-state index is -4.89. The Balaban J connectivity index is 0.000000208. The third-order valence-corrected chi connectivity index (χ3v) is 16.8. The highest BCUT2D eigenvalue weighted by Crippen LogP contribution is 2.50. The van der Waals surface area contributed by atoms with Crippen molar-refractivity contribution in [1.82, 2.24) is 49.2 Å². The van der Waals surface area contributed by atoms with Gasteiger partial charge in [0.1, 0.15) is 46.9 Å². The fraction of sp³-hybridized carbons (Fsp3) is 0.423. The van der Waals surface area contributed by atoms with E-state index in [2.05, 4.69) is 59.6 Å². The van der Waals surface area contributed by atoms with Crippen molar-refractivity contribution in [3.8, 4) is 29.0 Å². The number of nitrogens with one attached hydrogen (secondary N) is 2. The molecule has 2 fully saturated rings. The fourth-order valence-corrected chi connectivity index (χ4v) is 12.1. The predicted octanol–water partition coefficient (Wildman–Crippen LogP) is 6.72. The number of nitrogens with two attached hydrogens (primary N) is 2. The number of nitrogen functional groups attached to an aromatic ring is 2. The number of imidazole rings is 2. The molecule has 0 radical (unpaired) electrons. The van der Waals surface area contributed by atoms with E-state index in [0.29, 0.717) is 5.52 Å². The second-order valence-corrected chi connectivity index (χ2v) is 23.4. The zero-order valence-corrected chi connectivity index (χ0v) is 52.4. The average molecular weight is 1370 g/mol. The molecule has 506 valence electrons. The van der Waals surface area contributed by atoms with Crippen LogP contribution >= 0.6 is 15.5 Å². The van der Waals surface area contributed by atoms with Crippen LogP contribution in [0.15, 0.2) is 83.5 Å². The summed E-state index contributed by atoms with van der Waals surface area (Å²) >= 11 is 0. The van der Waals surface area contributed by atoms with Crippen LogP contribution < -0.4 is 44.7 Å². The molecule has 42 heteroatoms. The minimum absolute atomic E-state index is 0.0345. The zero-order valence-electron chi connectivity index (χ0n) is 50.6. The number of aliphatic hydroxyl groups excluding tert-OH is 3. The molecule has 9 N–H and O–H groups in total. The highest BCUT2D eigenvalue weighted by Gasteiger charge is 2.56. The standard InChI is InChI=1S/C23H30N9O8P.C17H15F5NO5P.C12H16N8O4/c1-5-37-20(34)13(2)29-41(35,40-14-9-7-6-8-10-14)38-11-15-17(33)23(3,30-31-25)21(39-15)32-12-26-16-18(32)27-22(24)28-19(16)36-4;1-3-26-17(24)9(2)23-29(25,27-10-7-5-4-6-8-10)28-16-14(21)12(19)11(18)13(20)15(16)22;1-12(18-19-14)7(22)5(3-21)24-10(12)20-4-15-6-8(20)16-11(13)17-9(6)23-2/h6-10,12-13,15,17,21,33H,5,11H2,1-4H3,(H,29,35)(H2,24,27,28);4-9H,3H2,1-2H3,(H,23,25);4-5,7,10,21-22H,3H2,1-2H3,(H2,13,16,17)/t13-,15+,17+,21+,23+,41?;9-,29?;5-,7-,10-,12-/m001/s1. The van der Waals surface area contributed by atoms with Gasteiger partial charge in [0.15, 0.2) is 34.8 Å². The largest absolute Gasteiger partial charge is 0.513 e. The van der Waals surface area contributed by atoms with Gasteiger partial charge < -0.3 is 68.8 Å². The summed E-state index contributed by atoms with van der Waals surface area (Å²) in [5.41, 5.74) is 27.8. The molecule has 2 saturated heterocycles.